The molecule has 4 heterocycles. The first kappa shape index (κ1) is 23.1. The number of fused-ring (bicyclic) bond motifs is 1. The molecule has 0 saturated carbocycles. The van der Waals surface area contributed by atoms with Crippen LogP contribution < -0.4 is 14.8 Å². The van der Waals surface area contributed by atoms with Crippen LogP contribution in [0.1, 0.15) is 11.1 Å². The Kier molecular flexibility index (Phi) is 5.99. The van der Waals surface area contributed by atoms with E-state index in [1.807, 2.05) is 89.9 Å². The van der Waals surface area contributed by atoms with Gasteiger partial charge in [0.1, 0.15) is 18.1 Å². The number of thiazole rings is 1. The standard InChI is InChI=1S/C28H21N5O2S2/c1-3-13-35-22-12-11-19(15-18(22)2)25-20(17-32(30-25)21-8-5-4-6-9-21)16-24-27(34)33-28(37-24)29-26(31-33)23-10-7-14-36-23/h3-12,14-17H,1,13H2,2H3/b24-16+. The average molecular weight is 524 g/mol. The van der Waals surface area contributed by atoms with Gasteiger partial charge in [-0.15, -0.1) is 16.4 Å². The van der Waals surface area contributed by atoms with Crippen LogP contribution in [-0.2, 0) is 0 Å². The number of aryl methyl sites for hydroxylation is 1. The molecule has 6 rings (SSSR count). The van der Waals surface area contributed by atoms with E-state index in [0.717, 1.165) is 38.7 Å². The lowest BCUT2D eigenvalue weighted by Gasteiger charge is -2.08. The lowest BCUT2D eigenvalue weighted by atomic mass is 10.0. The molecule has 0 spiro atoms. The molecule has 0 aliphatic rings. The largest absolute Gasteiger partial charge is 0.489 e. The van der Waals surface area contributed by atoms with Crippen molar-refractivity contribution in [3.05, 3.63) is 111 Å². The van der Waals surface area contributed by atoms with Gasteiger partial charge in [0.25, 0.3) is 5.56 Å². The van der Waals surface area contributed by atoms with Crippen molar-refractivity contribution in [3.63, 3.8) is 0 Å². The molecule has 9 heteroatoms. The van der Waals surface area contributed by atoms with Gasteiger partial charge in [0.2, 0.25) is 4.96 Å². The van der Waals surface area contributed by atoms with Gasteiger partial charge < -0.3 is 4.74 Å². The molecular weight excluding hydrogens is 502 g/mol. The highest BCUT2D eigenvalue weighted by Gasteiger charge is 2.16. The van der Waals surface area contributed by atoms with Crippen molar-refractivity contribution in [1.82, 2.24) is 24.4 Å². The third-order valence-electron chi connectivity index (χ3n) is 5.78. The zero-order valence-corrected chi connectivity index (χ0v) is 21.5. The summed E-state index contributed by atoms with van der Waals surface area (Å²) in [6.45, 7) is 6.15. The Balaban J connectivity index is 1.47. The first-order valence-corrected chi connectivity index (χ1v) is 13.3. The highest BCUT2D eigenvalue weighted by Crippen LogP contribution is 2.29. The molecule has 37 heavy (non-hydrogen) atoms. The summed E-state index contributed by atoms with van der Waals surface area (Å²) in [5.74, 6) is 1.36. The Hall–Kier alpha value is -4.34. The molecule has 0 N–H and O–H groups in total. The van der Waals surface area contributed by atoms with Gasteiger partial charge in [0, 0.05) is 17.3 Å². The van der Waals surface area contributed by atoms with Crippen molar-refractivity contribution in [2.75, 3.05) is 6.61 Å². The Morgan fingerprint density at radius 1 is 1.08 bits per heavy atom. The van der Waals surface area contributed by atoms with Gasteiger partial charge in [-0.3, -0.25) is 4.79 Å². The van der Waals surface area contributed by atoms with E-state index < -0.39 is 0 Å². The molecule has 0 atom stereocenters. The van der Waals surface area contributed by atoms with Crippen molar-refractivity contribution < 1.29 is 4.74 Å². The number of aromatic nitrogens is 5. The van der Waals surface area contributed by atoms with Crippen LogP contribution in [0.2, 0.25) is 0 Å². The number of rotatable bonds is 7. The van der Waals surface area contributed by atoms with Crippen LogP contribution in [0.15, 0.2) is 89.7 Å². The zero-order valence-electron chi connectivity index (χ0n) is 19.9. The molecule has 7 nitrogen and oxygen atoms in total. The van der Waals surface area contributed by atoms with E-state index in [-0.39, 0.29) is 5.56 Å². The molecular formula is C28H21N5O2S2. The maximum Gasteiger partial charge on any atom is 0.291 e. The van der Waals surface area contributed by atoms with Crippen LogP contribution in [0.4, 0.5) is 0 Å². The summed E-state index contributed by atoms with van der Waals surface area (Å²) in [5.41, 5.74) is 4.23. The number of thiophene rings is 1. The van der Waals surface area contributed by atoms with Crippen molar-refractivity contribution in [2.24, 2.45) is 0 Å². The molecule has 0 bridgehead atoms. The first-order chi connectivity index (χ1) is 18.1. The number of para-hydroxylation sites is 1. The van der Waals surface area contributed by atoms with Gasteiger partial charge in [0.15, 0.2) is 5.82 Å². The lowest BCUT2D eigenvalue weighted by Crippen LogP contribution is -2.23. The minimum Gasteiger partial charge on any atom is -0.489 e. The number of hydrogen-bond acceptors (Lipinski definition) is 7. The highest BCUT2D eigenvalue weighted by atomic mass is 32.1. The van der Waals surface area contributed by atoms with Crippen molar-refractivity contribution in [3.8, 4) is 33.4 Å². The number of hydrogen-bond donors (Lipinski definition) is 0. The van der Waals surface area contributed by atoms with Crippen LogP contribution in [0, 0.1) is 6.92 Å². The number of benzene rings is 2. The van der Waals surface area contributed by atoms with E-state index in [1.165, 1.54) is 15.9 Å². The second kappa shape index (κ2) is 9.61. The summed E-state index contributed by atoms with van der Waals surface area (Å²) < 4.78 is 9.50. The average Bonchev–Trinajstić information content (AvgIpc) is 3.70. The van der Waals surface area contributed by atoms with Gasteiger partial charge in [-0.05, 0) is 60.3 Å². The highest BCUT2D eigenvalue weighted by molar-refractivity contribution is 7.15. The molecule has 6 aromatic rings. The molecule has 0 unspecified atom stereocenters. The molecule has 0 aliphatic carbocycles. The molecule has 0 saturated heterocycles. The smallest absolute Gasteiger partial charge is 0.291 e. The Morgan fingerprint density at radius 3 is 2.68 bits per heavy atom. The summed E-state index contributed by atoms with van der Waals surface area (Å²) in [7, 11) is 0. The molecule has 2 aromatic carbocycles. The van der Waals surface area contributed by atoms with E-state index in [1.54, 1.807) is 17.4 Å². The fourth-order valence-corrected chi connectivity index (χ4v) is 5.57. The molecule has 0 aliphatic heterocycles. The van der Waals surface area contributed by atoms with E-state index in [4.69, 9.17) is 9.84 Å². The van der Waals surface area contributed by atoms with E-state index in [9.17, 15) is 4.79 Å². The summed E-state index contributed by atoms with van der Waals surface area (Å²) in [4.78, 5) is 19.3. The molecule has 0 radical (unpaired) electrons. The van der Waals surface area contributed by atoms with Crippen LogP contribution in [0.25, 0.3) is 38.7 Å². The SMILES string of the molecule is C=CCOc1ccc(-c2nn(-c3ccccc3)cc2/C=c2/sc3nc(-c4cccs4)nn3c2=O)cc1C. The minimum atomic E-state index is -0.196. The maximum absolute atomic E-state index is 13.2. The van der Waals surface area contributed by atoms with Gasteiger partial charge in [-0.2, -0.15) is 14.6 Å². The van der Waals surface area contributed by atoms with Crippen molar-refractivity contribution in [1.29, 1.82) is 0 Å². The summed E-state index contributed by atoms with van der Waals surface area (Å²) in [6.07, 6.45) is 5.53. The lowest BCUT2D eigenvalue weighted by molar-refractivity contribution is 0.361. The van der Waals surface area contributed by atoms with E-state index in [0.29, 0.717) is 21.9 Å². The maximum atomic E-state index is 13.2. The topological polar surface area (TPSA) is 74.3 Å². The zero-order chi connectivity index (χ0) is 25.4. The normalized spacial score (nSPS) is 11.9. The predicted molar refractivity (Wildman–Crippen MR) is 149 cm³/mol. The monoisotopic (exact) mass is 523 g/mol. The minimum absolute atomic E-state index is 0.196. The fraction of sp³-hybridized carbons (Fsp3) is 0.0714. The molecule has 0 fully saturated rings. The predicted octanol–water partition coefficient (Wildman–Crippen LogP) is 5.15. The number of ether oxygens (including phenoxy) is 1. The Morgan fingerprint density at radius 2 is 1.95 bits per heavy atom. The summed E-state index contributed by atoms with van der Waals surface area (Å²) >= 11 is 2.87. The van der Waals surface area contributed by atoms with Crippen LogP contribution in [0.5, 0.6) is 5.75 Å². The van der Waals surface area contributed by atoms with Gasteiger partial charge in [0.05, 0.1) is 15.1 Å². The second-order valence-electron chi connectivity index (χ2n) is 8.32. The third kappa shape index (κ3) is 4.39. The quantitative estimate of drug-likeness (QED) is 0.271. The Bertz CT molecular complexity index is 1830. The molecule has 0 amide bonds. The number of nitrogens with zero attached hydrogens (tertiary/aromatic N) is 5. The van der Waals surface area contributed by atoms with E-state index in [2.05, 4.69) is 16.7 Å². The first-order valence-electron chi connectivity index (χ1n) is 11.6. The second-order valence-corrected chi connectivity index (χ2v) is 10.3. The summed E-state index contributed by atoms with van der Waals surface area (Å²) in [5, 5.41) is 11.3. The van der Waals surface area contributed by atoms with Crippen molar-refractivity contribution in [2.45, 2.75) is 6.92 Å². The fourth-order valence-electron chi connectivity index (χ4n) is 4.02. The summed E-state index contributed by atoms with van der Waals surface area (Å²) in [6, 6.07) is 19.7. The van der Waals surface area contributed by atoms with E-state index >= 15 is 0 Å². The molecule has 4 aromatic heterocycles. The van der Waals surface area contributed by atoms with Gasteiger partial charge in [-0.25, -0.2) is 4.68 Å². The van der Waals surface area contributed by atoms with Gasteiger partial charge in [-0.1, -0.05) is 48.3 Å². The third-order valence-corrected chi connectivity index (χ3v) is 7.60. The molecule has 182 valence electrons. The van der Waals surface area contributed by atoms with Crippen LogP contribution in [-0.4, -0.2) is 31.0 Å². The van der Waals surface area contributed by atoms with Gasteiger partial charge >= 0.3 is 0 Å². The van der Waals surface area contributed by atoms with Crippen LogP contribution >= 0.6 is 22.7 Å². The van der Waals surface area contributed by atoms with Crippen LogP contribution in [0.3, 0.4) is 0 Å². The Labute approximate surface area is 220 Å². The van der Waals surface area contributed by atoms with Crippen molar-refractivity contribution >= 4 is 33.7 Å².